The van der Waals surface area contributed by atoms with Gasteiger partial charge in [0.2, 0.25) is 0 Å². The summed E-state index contributed by atoms with van der Waals surface area (Å²) in [6.45, 7) is 2.85. The van der Waals surface area contributed by atoms with Gasteiger partial charge >= 0.3 is 17.9 Å². The van der Waals surface area contributed by atoms with Crippen molar-refractivity contribution in [2.75, 3.05) is 6.61 Å². The van der Waals surface area contributed by atoms with Crippen LogP contribution < -0.4 is 0 Å². The molecule has 0 heterocycles. The van der Waals surface area contributed by atoms with Crippen LogP contribution >= 0.6 is 0 Å². The van der Waals surface area contributed by atoms with Gasteiger partial charge in [-0.1, -0.05) is 104 Å². The predicted molar refractivity (Wildman–Crippen MR) is 149 cm³/mol. The molecule has 0 spiro atoms. The number of unbranched alkanes of at least 4 members (excludes halogenated alkanes) is 1. The molecule has 0 aliphatic carbocycles. The number of carbonyl (C=O) groups excluding carboxylic acids is 3. The van der Waals surface area contributed by atoms with E-state index in [0.717, 1.165) is 24.0 Å². The lowest BCUT2D eigenvalue weighted by Crippen LogP contribution is -2.14. The van der Waals surface area contributed by atoms with Gasteiger partial charge in [0.25, 0.3) is 0 Å². The van der Waals surface area contributed by atoms with E-state index in [1.54, 1.807) is 36.4 Å². The summed E-state index contributed by atoms with van der Waals surface area (Å²) in [5.41, 5.74) is 2.93. The molecule has 0 radical (unpaired) electrons. The molecule has 0 aromatic heterocycles. The molecule has 4 rings (SSSR count). The SMILES string of the molecule is CCCCOC(=O)c1ccccc1C(=O)OCc1ccccc1.O=C(OCc1ccccc1)c1ccccc1. The van der Waals surface area contributed by atoms with Gasteiger partial charge in [-0.15, -0.1) is 0 Å². The number of rotatable bonds is 10. The van der Waals surface area contributed by atoms with Crippen LogP contribution in [0, 0.1) is 0 Å². The van der Waals surface area contributed by atoms with E-state index >= 15 is 0 Å². The summed E-state index contributed by atoms with van der Waals surface area (Å²) >= 11 is 0. The molecule has 0 N–H and O–H groups in total. The van der Waals surface area contributed by atoms with Gasteiger partial charge in [-0.3, -0.25) is 0 Å². The molecule has 0 bridgehead atoms. The first-order valence-electron chi connectivity index (χ1n) is 12.8. The number of ether oxygens (including phenoxy) is 3. The van der Waals surface area contributed by atoms with Crippen molar-refractivity contribution in [3.05, 3.63) is 143 Å². The highest BCUT2D eigenvalue weighted by Gasteiger charge is 2.19. The summed E-state index contributed by atoms with van der Waals surface area (Å²) in [7, 11) is 0. The van der Waals surface area contributed by atoms with Crippen molar-refractivity contribution in [2.45, 2.75) is 33.0 Å². The minimum absolute atomic E-state index is 0.166. The van der Waals surface area contributed by atoms with Crippen LogP contribution in [0.1, 0.15) is 62.0 Å². The van der Waals surface area contributed by atoms with Gasteiger partial charge in [0.05, 0.1) is 23.3 Å². The van der Waals surface area contributed by atoms with Gasteiger partial charge in [0.1, 0.15) is 13.2 Å². The van der Waals surface area contributed by atoms with Crippen LogP contribution in [0.2, 0.25) is 0 Å². The molecule has 6 nitrogen and oxygen atoms in total. The summed E-state index contributed by atoms with van der Waals surface area (Å²) in [6.07, 6.45) is 1.74. The Morgan fingerprint density at radius 2 is 0.923 bits per heavy atom. The van der Waals surface area contributed by atoms with Crippen molar-refractivity contribution in [2.24, 2.45) is 0 Å². The van der Waals surface area contributed by atoms with Crippen LogP contribution in [0.5, 0.6) is 0 Å². The molecule has 0 atom stereocenters. The van der Waals surface area contributed by atoms with Crippen LogP contribution in [-0.4, -0.2) is 24.5 Å². The zero-order valence-electron chi connectivity index (χ0n) is 22.0. The van der Waals surface area contributed by atoms with Gasteiger partial charge in [-0.2, -0.15) is 0 Å². The molecule has 0 saturated carbocycles. The lowest BCUT2D eigenvalue weighted by atomic mass is 10.1. The second-order valence-corrected chi connectivity index (χ2v) is 8.52. The second kappa shape index (κ2) is 16.2. The standard InChI is InChI=1S/C19H20O4.C14H12O2/c1-2-3-13-22-18(20)16-11-7-8-12-17(16)19(21)23-14-15-9-5-4-6-10-15;15-14(13-9-5-2-6-10-13)16-11-12-7-3-1-4-8-12/h4-12H,2-3,13-14H2,1H3;1-10H,11H2. The topological polar surface area (TPSA) is 78.9 Å². The number of carbonyl (C=O) groups is 3. The fourth-order valence-corrected chi connectivity index (χ4v) is 3.41. The second-order valence-electron chi connectivity index (χ2n) is 8.52. The van der Waals surface area contributed by atoms with Crippen LogP contribution in [-0.2, 0) is 27.4 Å². The van der Waals surface area contributed by atoms with E-state index in [9.17, 15) is 14.4 Å². The van der Waals surface area contributed by atoms with Gasteiger partial charge in [0.15, 0.2) is 0 Å². The Morgan fingerprint density at radius 3 is 1.41 bits per heavy atom. The van der Waals surface area contributed by atoms with Gasteiger partial charge < -0.3 is 14.2 Å². The summed E-state index contributed by atoms with van der Waals surface area (Å²) in [5.74, 6) is -1.31. The Labute approximate surface area is 229 Å². The maximum atomic E-state index is 12.2. The van der Waals surface area contributed by atoms with Crippen LogP contribution in [0.15, 0.2) is 115 Å². The minimum Gasteiger partial charge on any atom is -0.462 e. The molecule has 0 aliphatic rings. The third-order valence-electron chi connectivity index (χ3n) is 5.53. The Kier molecular flexibility index (Phi) is 12.0. The Balaban J connectivity index is 0.000000230. The van der Waals surface area contributed by atoms with E-state index in [0.29, 0.717) is 18.8 Å². The highest BCUT2D eigenvalue weighted by Crippen LogP contribution is 2.14. The summed E-state index contributed by atoms with van der Waals surface area (Å²) in [4.78, 5) is 35.9. The Hall–Kier alpha value is -4.71. The maximum Gasteiger partial charge on any atom is 0.339 e. The third kappa shape index (κ3) is 9.93. The lowest BCUT2D eigenvalue weighted by molar-refractivity contribution is 0.0437. The fraction of sp³-hybridized carbons (Fsp3) is 0.182. The van der Waals surface area contributed by atoms with Crippen molar-refractivity contribution in [1.29, 1.82) is 0 Å². The van der Waals surface area contributed by atoms with Crippen molar-refractivity contribution >= 4 is 17.9 Å². The first-order chi connectivity index (χ1) is 19.1. The molecule has 200 valence electrons. The van der Waals surface area contributed by atoms with Crippen molar-refractivity contribution in [1.82, 2.24) is 0 Å². The van der Waals surface area contributed by atoms with Crippen LogP contribution in [0.3, 0.4) is 0 Å². The number of esters is 3. The normalized spacial score (nSPS) is 9.97. The largest absolute Gasteiger partial charge is 0.462 e. The summed E-state index contributed by atoms with van der Waals surface area (Å²) in [6, 6.07) is 34.6. The maximum absolute atomic E-state index is 12.2. The highest BCUT2D eigenvalue weighted by atomic mass is 16.5. The monoisotopic (exact) mass is 524 g/mol. The molecule has 0 fully saturated rings. The number of benzene rings is 4. The summed E-state index contributed by atoms with van der Waals surface area (Å²) in [5, 5.41) is 0. The Bertz CT molecular complexity index is 1300. The highest BCUT2D eigenvalue weighted by molar-refractivity contribution is 6.03. The zero-order valence-corrected chi connectivity index (χ0v) is 22.0. The zero-order chi connectivity index (χ0) is 27.7. The molecule has 6 heteroatoms. The van der Waals surface area contributed by atoms with E-state index < -0.39 is 11.9 Å². The third-order valence-corrected chi connectivity index (χ3v) is 5.53. The smallest absolute Gasteiger partial charge is 0.339 e. The molecule has 0 aliphatic heterocycles. The minimum atomic E-state index is -0.531. The predicted octanol–water partition coefficient (Wildman–Crippen LogP) is 7.04. The van der Waals surface area contributed by atoms with Crippen LogP contribution in [0.25, 0.3) is 0 Å². The van der Waals surface area contributed by atoms with E-state index in [2.05, 4.69) is 0 Å². The molecule has 0 amide bonds. The van der Waals surface area contributed by atoms with E-state index in [4.69, 9.17) is 14.2 Å². The average Bonchev–Trinajstić information content (AvgIpc) is 3.00. The summed E-state index contributed by atoms with van der Waals surface area (Å²) < 4.78 is 15.6. The van der Waals surface area contributed by atoms with Gasteiger partial charge in [0, 0.05) is 0 Å². The molecule has 4 aromatic rings. The van der Waals surface area contributed by atoms with Crippen molar-refractivity contribution < 1.29 is 28.6 Å². The molecule has 4 aromatic carbocycles. The quantitative estimate of drug-likeness (QED) is 0.126. The van der Waals surface area contributed by atoms with Crippen LogP contribution in [0.4, 0.5) is 0 Å². The van der Waals surface area contributed by atoms with Gasteiger partial charge in [-0.05, 0) is 41.8 Å². The molecular formula is C33H32O6. The average molecular weight is 525 g/mol. The molecule has 39 heavy (non-hydrogen) atoms. The molecule has 0 saturated heterocycles. The van der Waals surface area contributed by atoms with Gasteiger partial charge in [-0.25, -0.2) is 14.4 Å². The fourth-order valence-electron chi connectivity index (χ4n) is 3.41. The lowest BCUT2D eigenvalue weighted by Gasteiger charge is -2.09. The Morgan fingerprint density at radius 1 is 0.513 bits per heavy atom. The molecule has 0 unspecified atom stereocenters. The number of hydrogen-bond donors (Lipinski definition) is 0. The van der Waals surface area contributed by atoms with Crippen molar-refractivity contribution in [3.63, 3.8) is 0 Å². The van der Waals surface area contributed by atoms with E-state index in [-0.39, 0.29) is 23.7 Å². The molecular weight excluding hydrogens is 492 g/mol. The first kappa shape index (κ1) is 28.9. The van der Waals surface area contributed by atoms with E-state index in [1.165, 1.54) is 0 Å². The number of hydrogen-bond acceptors (Lipinski definition) is 6. The first-order valence-corrected chi connectivity index (χ1v) is 12.8. The van der Waals surface area contributed by atoms with Crippen molar-refractivity contribution in [3.8, 4) is 0 Å². The van der Waals surface area contributed by atoms with E-state index in [1.807, 2.05) is 85.8 Å².